The lowest BCUT2D eigenvalue weighted by Crippen LogP contribution is -2.42. The van der Waals surface area contributed by atoms with Crippen LogP contribution in [0.3, 0.4) is 0 Å². The molecule has 2 atom stereocenters. The third-order valence-corrected chi connectivity index (χ3v) is 4.18. The molecule has 14 heavy (non-hydrogen) atoms. The van der Waals surface area contributed by atoms with Gasteiger partial charge in [0.25, 0.3) is 0 Å². The van der Waals surface area contributed by atoms with Gasteiger partial charge in [0, 0.05) is 6.04 Å². The summed E-state index contributed by atoms with van der Waals surface area (Å²) in [6, 6.07) is 0.828. The number of likely N-dealkylation sites (tertiary alicyclic amines) is 1. The molecule has 0 spiro atoms. The summed E-state index contributed by atoms with van der Waals surface area (Å²) < 4.78 is 0. The SMILES string of the molecule is CCN1CCC(C2NCCC2C)CC1. The molecule has 2 heterocycles. The van der Waals surface area contributed by atoms with E-state index in [1.54, 1.807) is 0 Å². The first-order valence-corrected chi connectivity index (χ1v) is 6.27. The normalized spacial score (nSPS) is 36.4. The molecule has 2 fully saturated rings. The molecule has 2 aliphatic heterocycles. The van der Waals surface area contributed by atoms with Gasteiger partial charge in [0.2, 0.25) is 0 Å². The van der Waals surface area contributed by atoms with Crippen molar-refractivity contribution in [3.63, 3.8) is 0 Å². The zero-order valence-corrected chi connectivity index (χ0v) is 9.63. The van der Waals surface area contributed by atoms with Crippen molar-refractivity contribution in [2.45, 2.75) is 39.2 Å². The van der Waals surface area contributed by atoms with Gasteiger partial charge in [0.05, 0.1) is 0 Å². The Balaban J connectivity index is 1.82. The molecule has 2 unspecified atom stereocenters. The van der Waals surface area contributed by atoms with E-state index in [0.717, 1.165) is 17.9 Å². The van der Waals surface area contributed by atoms with E-state index < -0.39 is 0 Å². The minimum atomic E-state index is 0.828. The fourth-order valence-corrected chi connectivity index (χ4v) is 3.12. The maximum atomic E-state index is 3.69. The van der Waals surface area contributed by atoms with Crippen molar-refractivity contribution < 1.29 is 0 Å². The van der Waals surface area contributed by atoms with Crippen LogP contribution in [0.1, 0.15) is 33.1 Å². The molecule has 0 aromatic heterocycles. The first kappa shape index (κ1) is 10.4. The molecule has 2 nitrogen and oxygen atoms in total. The second-order valence-electron chi connectivity index (χ2n) is 5.02. The van der Waals surface area contributed by atoms with Gasteiger partial charge in [0.15, 0.2) is 0 Å². The van der Waals surface area contributed by atoms with Gasteiger partial charge in [-0.3, -0.25) is 0 Å². The van der Waals surface area contributed by atoms with E-state index in [4.69, 9.17) is 0 Å². The highest BCUT2D eigenvalue weighted by molar-refractivity contribution is 4.89. The van der Waals surface area contributed by atoms with Gasteiger partial charge < -0.3 is 10.2 Å². The van der Waals surface area contributed by atoms with E-state index in [0.29, 0.717) is 0 Å². The molecule has 0 bridgehead atoms. The van der Waals surface area contributed by atoms with Gasteiger partial charge in [-0.1, -0.05) is 13.8 Å². The number of hydrogen-bond donors (Lipinski definition) is 1. The summed E-state index contributed by atoms with van der Waals surface area (Å²) in [6.45, 7) is 9.83. The standard InChI is InChI=1S/C12H24N2/c1-3-14-8-5-11(6-9-14)12-10(2)4-7-13-12/h10-13H,3-9H2,1-2H3. The van der Waals surface area contributed by atoms with Crippen LogP contribution in [0.25, 0.3) is 0 Å². The number of piperidine rings is 1. The molecule has 82 valence electrons. The van der Waals surface area contributed by atoms with Crippen molar-refractivity contribution in [1.82, 2.24) is 10.2 Å². The Labute approximate surface area is 88.1 Å². The lowest BCUT2D eigenvalue weighted by Gasteiger charge is -2.35. The lowest BCUT2D eigenvalue weighted by molar-refractivity contribution is 0.158. The van der Waals surface area contributed by atoms with Gasteiger partial charge in [-0.2, -0.15) is 0 Å². The second kappa shape index (κ2) is 4.63. The molecule has 2 aliphatic rings. The van der Waals surface area contributed by atoms with E-state index in [2.05, 4.69) is 24.1 Å². The fraction of sp³-hybridized carbons (Fsp3) is 1.00. The van der Waals surface area contributed by atoms with E-state index >= 15 is 0 Å². The molecule has 2 heteroatoms. The molecule has 1 N–H and O–H groups in total. The smallest absolute Gasteiger partial charge is 0.0122 e. The third-order valence-electron chi connectivity index (χ3n) is 4.18. The van der Waals surface area contributed by atoms with Crippen molar-refractivity contribution in [3.8, 4) is 0 Å². The number of hydrogen-bond acceptors (Lipinski definition) is 2. The van der Waals surface area contributed by atoms with Gasteiger partial charge in [0.1, 0.15) is 0 Å². The van der Waals surface area contributed by atoms with Crippen LogP contribution < -0.4 is 5.32 Å². The summed E-state index contributed by atoms with van der Waals surface area (Å²) >= 11 is 0. The molecule has 0 amide bonds. The molecule has 0 aromatic rings. The van der Waals surface area contributed by atoms with Gasteiger partial charge in [-0.05, 0) is 57.3 Å². The molecular weight excluding hydrogens is 172 g/mol. The minimum Gasteiger partial charge on any atom is -0.313 e. The summed E-state index contributed by atoms with van der Waals surface area (Å²) in [5, 5.41) is 3.69. The van der Waals surface area contributed by atoms with Crippen molar-refractivity contribution in [3.05, 3.63) is 0 Å². The zero-order valence-electron chi connectivity index (χ0n) is 9.63. The number of rotatable bonds is 2. The van der Waals surface area contributed by atoms with Crippen LogP contribution >= 0.6 is 0 Å². The lowest BCUT2D eigenvalue weighted by atomic mass is 9.84. The topological polar surface area (TPSA) is 15.3 Å². The molecule has 0 aliphatic carbocycles. The molecule has 0 radical (unpaired) electrons. The zero-order chi connectivity index (χ0) is 9.97. The molecule has 2 saturated heterocycles. The third kappa shape index (κ3) is 2.12. The first-order valence-electron chi connectivity index (χ1n) is 6.27. The van der Waals surface area contributed by atoms with E-state index in [9.17, 15) is 0 Å². The van der Waals surface area contributed by atoms with Crippen molar-refractivity contribution in [2.24, 2.45) is 11.8 Å². The monoisotopic (exact) mass is 196 g/mol. The summed E-state index contributed by atoms with van der Waals surface area (Å²) in [5.41, 5.74) is 0. The minimum absolute atomic E-state index is 0.828. The predicted octanol–water partition coefficient (Wildman–Crippen LogP) is 1.72. The van der Waals surface area contributed by atoms with Crippen LogP contribution in [0, 0.1) is 11.8 Å². The molecule has 0 saturated carbocycles. The summed E-state index contributed by atoms with van der Waals surface area (Å²) in [6.07, 6.45) is 4.21. The van der Waals surface area contributed by atoms with E-state index in [1.807, 2.05) is 0 Å². The highest BCUT2D eigenvalue weighted by atomic mass is 15.1. The Morgan fingerprint density at radius 1 is 1.21 bits per heavy atom. The highest BCUT2D eigenvalue weighted by Gasteiger charge is 2.32. The van der Waals surface area contributed by atoms with Crippen LogP contribution in [0.2, 0.25) is 0 Å². The average molecular weight is 196 g/mol. The summed E-state index contributed by atoms with van der Waals surface area (Å²) in [4.78, 5) is 2.58. The Bertz CT molecular complexity index is 173. The van der Waals surface area contributed by atoms with Crippen molar-refractivity contribution in [1.29, 1.82) is 0 Å². The van der Waals surface area contributed by atoms with Crippen LogP contribution in [0.5, 0.6) is 0 Å². The Morgan fingerprint density at radius 2 is 1.93 bits per heavy atom. The quantitative estimate of drug-likeness (QED) is 0.723. The maximum Gasteiger partial charge on any atom is 0.0122 e. The van der Waals surface area contributed by atoms with Crippen LogP contribution in [-0.2, 0) is 0 Å². The maximum absolute atomic E-state index is 3.69. The summed E-state index contributed by atoms with van der Waals surface area (Å²) in [7, 11) is 0. The Morgan fingerprint density at radius 3 is 2.43 bits per heavy atom. The van der Waals surface area contributed by atoms with Crippen LogP contribution in [0.15, 0.2) is 0 Å². The fourth-order valence-electron chi connectivity index (χ4n) is 3.12. The van der Waals surface area contributed by atoms with E-state index in [1.165, 1.54) is 45.4 Å². The largest absolute Gasteiger partial charge is 0.313 e. The van der Waals surface area contributed by atoms with Crippen LogP contribution in [-0.4, -0.2) is 37.1 Å². The van der Waals surface area contributed by atoms with E-state index in [-0.39, 0.29) is 0 Å². The van der Waals surface area contributed by atoms with Crippen molar-refractivity contribution >= 4 is 0 Å². The summed E-state index contributed by atoms with van der Waals surface area (Å²) in [5.74, 6) is 1.86. The van der Waals surface area contributed by atoms with Gasteiger partial charge in [-0.25, -0.2) is 0 Å². The van der Waals surface area contributed by atoms with Crippen LogP contribution in [0.4, 0.5) is 0 Å². The molecule has 2 rings (SSSR count). The highest BCUT2D eigenvalue weighted by Crippen LogP contribution is 2.28. The number of nitrogens with zero attached hydrogens (tertiary/aromatic N) is 1. The van der Waals surface area contributed by atoms with Crippen molar-refractivity contribution in [2.75, 3.05) is 26.2 Å². The second-order valence-corrected chi connectivity index (χ2v) is 5.02. The Hall–Kier alpha value is -0.0800. The van der Waals surface area contributed by atoms with Gasteiger partial charge in [-0.15, -0.1) is 0 Å². The predicted molar refractivity (Wildman–Crippen MR) is 60.4 cm³/mol. The number of nitrogens with one attached hydrogen (secondary N) is 1. The Kier molecular flexibility index (Phi) is 3.45. The first-order chi connectivity index (χ1) is 6.81. The van der Waals surface area contributed by atoms with Gasteiger partial charge >= 0.3 is 0 Å². The molecule has 0 aromatic carbocycles. The average Bonchev–Trinajstić information content (AvgIpc) is 2.65. The molecular formula is C12H24N2.